The van der Waals surface area contributed by atoms with E-state index in [1.807, 2.05) is 0 Å². The molecule has 0 radical (unpaired) electrons. The van der Waals surface area contributed by atoms with Gasteiger partial charge in [-0.25, -0.2) is 9.02 Å². The van der Waals surface area contributed by atoms with Gasteiger partial charge in [0.15, 0.2) is 0 Å². The zero-order valence-electron chi connectivity index (χ0n) is 8.20. The molecule has 0 unspecified atom stereocenters. The van der Waals surface area contributed by atoms with Gasteiger partial charge in [0.1, 0.15) is 17.2 Å². The fourth-order valence-corrected chi connectivity index (χ4v) is 1.19. The fraction of sp³-hybridized carbons (Fsp3) is 0.200. The second kappa shape index (κ2) is 4.08. The molecule has 1 heterocycles. The van der Waals surface area contributed by atoms with Crippen LogP contribution in [0, 0.1) is 12.7 Å². The molecule has 2 aromatic rings. The first-order valence-electron chi connectivity index (χ1n) is 4.54. The smallest absolute Gasteiger partial charge is 0.146 e. The number of hydrogen-bond donors (Lipinski definition) is 1. The van der Waals surface area contributed by atoms with Crippen molar-refractivity contribution in [1.82, 2.24) is 10.3 Å². The number of aromatic nitrogens is 2. The highest BCUT2D eigenvalue weighted by atomic mass is 19.1. The van der Waals surface area contributed by atoms with Crippen LogP contribution >= 0.6 is 0 Å². The van der Waals surface area contributed by atoms with E-state index in [-0.39, 0.29) is 5.82 Å². The molecule has 0 aliphatic heterocycles. The van der Waals surface area contributed by atoms with Crippen molar-refractivity contribution in [2.75, 3.05) is 5.32 Å². The van der Waals surface area contributed by atoms with Crippen molar-refractivity contribution < 1.29 is 9.02 Å². The predicted octanol–water partition coefficient (Wildman–Crippen LogP) is 2.13. The minimum atomic E-state index is -0.286. The van der Waals surface area contributed by atoms with Gasteiger partial charge >= 0.3 is 0 Å². The van der Waals surface area contributed by atoms with Crippen molar-refractivity contribution in [3.05, 3.63) is 41.5 Å². The molecule has 0 bridgehead atoms. The van der Waals surface area contributed by atoms with E-state index in [4.69, 9.17) is 0 Å². The highest BCUT2D eigenvalue weighted by Gasteiger charge is 2.05. The van der Waals surface area contributed by atoms with E-state index in [0.29, 0.717) is 23.6 Å². The van der Waals surface area contributed by atoms with Crippen LogP contribution in [0.5, 0.6) is 0 Å². The topological polar surface area (TPSA) is 51.0 Å². The molecule has 0 amide bonds. The van der Waals surface area contributed by atoms with Crippen molar-refractivity contribution in [2.45, 2.75) is 13.5 Å². The van der Waals surface area contributed by atoms with E-state index < -0.39 is 0 Å². The maximum Gasteiger partial charge on any atom is 0.146 e. The Labute approximate surface area is 86.1 Å². The second-order valence-electron chi connectivity index (χ2n) is 3.13. The minimum Gasteiger partial charge on any atom is -0.377 e. The van der Waals surface area contributed by atoms with Crippen LogP contribution in [0.15, 0.2) is 28.9 Å². The molecule has 0 saturated heterocycles. The van der Waals surface area contributed by atoms with Crippen LogP contribution in [0.1, 0.15) is 11.4 Å². The Morgan fingerprint density at radius 2 is 2.13 bits per heavy atom. The molecule has 0 saturated carbocycles. The highest BCUT2D eigenvalue weighted by Crippen LogP contribution is 2.13. The molecule has 1 aromatic heterocycles. The lowest BCUT2D eigenvalue weighted by Gasteiger charge is -2.04. The Bertz CT molecular complexity index is 455. The second-order valence-corrected chi connectivity index (χ2v) is 3.13. The highest BCUT2D eigenvalue weighted by molar-refractivity contribution is 5.44. The summed E-state index contributed by atoms with van der Waals surface area (Å²) in [6.45, 7) is 2.19. The molecule has 0 spiro atoms. The number of nitrogens with one attached hydrogen (secondary N) is 1. The zero-order valence-corrected chi connectivity index (χ0v) is 8.20. The summed E-state index contributed by atoms with van der Waals surface area (Å²) in [5, 5.41) is 10.2. The standard InChI is InChI=1S/C10H10FN3O/c1-7-10(14-15-13-7)6-12-9-5-3-2-4-8(9)11/h2-5,12H,6H2,1H3. The van der Waals surface area contributed by atoms with Crippen LogP contribution in [-0.2, 0) is 6.54 Å². The number of hydrogen-bond acceptors (Lipinski definition) is 4. The van der Waals surface area contributed by atoms with Gasteiger partial charge in [-0.2, -0.15) is 0 Å². The number of para-hydroxylation sites is 1. The molecule has 78 valence electrons. The van der Waals surface area contributed by atoms with E-state index >= 15 is 0 Å². The number of halogens is 1. The summed E-state index contributed by atoms with van der Waals surface area (Å²) < 4.78 is 17.7. The van der Waals surface area contributed by atoms with Crippen molar-refractivity contribution in [2.24, 2.45) is 0 Å². The van der Waals surface area contributed by atoms with Crippen molar-refractivity contribution in [1.29, 1.82) is 0 Å². The van der Waals surface area contributed by atoms with E-state index in [2.05, 4.69) is 20.3 Å². The van der Waals surface area contributed by atoms with Gasteiger partial charge in [-0.15, -0.1) is 0 Å². The van der Waals surface area contributed by atoms with Gasteiger partial charge < -0.3 is 5.32 Å². The van der Waals surface area contributed by atoms with Crippen LogP contribution in [0.3, 0.4) is 0 Å². The van der Waals surface area contributed by atoms with Gasteiger partial charge in [0.05, 0.1) is 12.2 Å². The number of rotatable bonds is 3. The van der Waals surface area contributed by atoms with Gasteiger partial charge in [0.25, 0.3) is 0 Å². The Kier molecular flexibility index (Phi) is 2.62. The van der Waals surface area contributed by atoms with E-state index in [0.717, 1.165) is 0 Å². The molecule has 2 rings (SSSR count). The van der Waals surface area contributed by atoms with Gasteiger partial charge in [-0.05, 0) is 19.1 Å². The van der Waals surface area contributed by atoms with E-state index in [9.17, 15) is 4.39 Å². The monoisotopic (exact) mass is 207 g/mol. The number of benzene rings is 1. The summed E-state index contributed by atoms with van der Waals surface area (Å²) in [5.74, 6) is -0.286. The summed E-state index contributed by atoms with van der Waals surface area (Å²) in [4.78, 5) is 0. The Morgan fingerprint density at radius 3 is 2.80 bits per heavy atom. The Balaban J connectivity index is 2.06. The zero-order chi connectivity index (χ0) is 10.7. The van der Waals surface area contributed by atoms with Crippen molar-refractivity contribution in [3.8, 4) is 0 Å². The molecule has 5 heteroatoms. The normalized spacial score (nSPS) is 10.3. The SMILES string of the molecule is Cc1nonc1CNc1ccccc1F. The third-order valence-corrected chi connectivity index (χ3v) is 2.07. The predicted molar refractivity (Wildman–Crippen MR) is 52.8 cm³/mol. The number of anilines is 1. The number of aryl methyl sites for hydroxylation is 1. The van der Waals surface area contributed by atoms with Gasteiger partial charge in [0, 0.05) is 0 Å². The average molecular weight is 207 g/mol. The maximum absolute atomic E-state index is 13.2. The summed E-state index contributed by atoms with van der Waals surface area (Å²) >= 11 is 0. The summed E-state index contributed by atoms with van der Waals surface area (Å²) in [5.41, 5.74) is 1.83. The lowest BCUT2D eigenvalue weighted by atomic mass is 10.3. The summed E-state index contributed by atoms with van der Waals surface area (Å²) in [7, 11) is 0. The lowest BCUT2D eigenvalue weighted by molar-refractivity contribution is 0.301. The summed E-state index contributed by atoms with van der Waals surface area (Å²) in [6, 6.07) is 6.47. The first-order valence-corrected chi connectivity index (χ1v) is 4.54. The first-order chi connectivity index (χ1) is 7.27. The van der Waals surface area contributed by atoms with Crippen LogP contribution < -0.4 is 5.32 Å². The van der Waals surface area contributed by atoms with Gasteiger partial charge in [-0.1, -0.05) is 22.4 Å². The molecule has 0 fully saturated rings. The molecule has 4 nitrogen and oxygen atoms in total. The van der Waals surface area contributed by atoms with Crippen LogP contribution in [0.4, 0.5) is 10.1 Å². The molecule has 15 heavy (non-hydrogen) atoms. The van der Waals surface area contributed by atoms with Crippen LogP contribution in [0.2, 0.25) is 0 Å². The fourth-order valence-electron chi connectivity index (χ4n) is 1.19. The molecular weight excluding hydrogens is 197 g/mol. The Hall–Kier alpha value is -1.91. The minimum absolute atomic E-state index is 0.286. The van der Waals surface area contributed by atoms with E-state index in [1.165, 1.54) is 6.07 Å². The molecule has 0 aliphatic rings. The molecule has 1 N–H and O–H groups in total. The Morgan fingerprint density at radius 1 is 1.33 bits per heavy atom. The largest absolute Gasteiger partial charge is 0.377 e. The van der Waals surface area contributed by atoms with Gasteiger partial charge in [-0.3, -0.25) is 0 Å². The number of nitrogens with zero attached hydrogens (tertiary/aromatic N) is 2. The summed E-state index contributed by atoms with van der Waals surface area (Å²) in [6.07, 6.45) is 0. The quantitative estimate of drug-likeness (QED) is 0.837. The van der Waals surface area contributed by atoms with Crippen LogP contribution in [-0.4, -0.2) is 10.3 Å². The lowest BCUT2D eigenvalue weighted by Crippen LogP contribution is -2.02. The maximum atomic E-state index is 13.2. The first kappa shape index (κ1) is 9.64. The molecular formula is C10H10FN3O. The molecule has 0 aliphatic carbocycles. The molecule has 1 aromatic carbocycles. The third kappa shape index (κ3) is 2.12. The van der Waals surface area contributed by atoms with Crippen molar-refractivity contribution in [3.63, 3.8) is 0 Å². The third-order valence-electron chi connectivity index (χ3n) is 2.07. The average Bonchev–Trinajstić information content (AvgIpc) is 2.63. The van der Waals surface area contributed by atoms with Crippen LogP contribution in [0.25, 0.3) is 0 Å². The van der Waals surface area contributed by atoms with Gasteiger partial charge in [0.2, 0.25) is 0 Å². The molecule has 0 atom stereocenters. The van der Waals surface area contributed by atoms with Crippen molar-refractivity contribution >= 4 is 5.69 Å². The van der Waals surface area contributed by atoms with E-state index in [1.54, 1.807) is 25.1 Å².